The van der Waals surface area contributed by atoms with E-state index in [9.17, 15) is 0 Å². The van der Waals surface area contributed by atoms with Crippen molar-refractivity contribution in [2.24, 2.45) is 0 Å². The van der Waals surface area contributed by atoms with Gasteiger partial charge in [0.2, 0.25) is 6.71 Å². The van der Waals surface area contributed by atoms with Crippen LogP contribution in [0.15, 0.2) is 158 Å². The van der Waals surface area contributed by atoms with Gasteiger partial charge in [0, 0.05) is 17.1 Å². The van der Waals surface area contributed by atoms with Gasteiger partial charge < -0.3 is 4.90 Å². The molecule has 0 unspecified atom stereocenters. The first-order valence-electron chi connectivity index (χ1n) is 18.4. The summed E-state index contributed by atoms with van der Waals surface area (Å²) in [6.45, 7) is 13.7. The number of aryl methyl sites for hydroxylation is 6. The Morgan fingerprint density at radius 1 is 0.346 bits per heavy atom. The van der Waals surface area contributed by atoms with Gasteiger partial charge in [-0.15, -0.1) is 0 Å². The van der Waals surface area contributed by atoms with Crippen molar-refractivity contribution >= 4 is 61.7 Å². The standard InChI is InChI=1S/C50H44BN/c1-33-29-35(3)48(36(4)30-33)51(49-37(5)31-34(2)32-38(49)6)50-45-23-15-13-21-43(45)47(44-22-14-16-24-46(44)50)39-25-27-42(28-26-39)52(40-17-9-7-10-18-40)41-19-11-8-12-20-41/h7-32H,1-6H3. The highest BCUT2D eigenvalue weighted by Gasteiger charge is 2.32. The summed E-state index contributed by atoms with van der Waals surface area (Å²) in [4.78, 5) is 2.33. The van der Waals surface area contributed by atoms with E-state index in [2.05, 4.69) is 204 Å². The van der Waals surface area contributed by atoms with Crippen LogP contribution >= 0.6 is 0 Å². The highest BCUT2D eigenvalue weighted by atomic mass is 15.1. The van der Waals surface area contributed by atoms with E-state index < -0.39 is 0 Å². The summed E-state index contributed by atoms with van der Waals surface area (Å²) in [5.74, 6) is 0. The summed E-state index contributed by atoms with van der Waals surface area (Å²) in [7, 11) is 0. The molecule has 0 bridgehead atoms. The van der Waals surface area contributed by atoms with Gasteiger partial charge in [0.05, 0.1) is 0 Å². The lowest BCUT2D eigenvalue weighted by molar-refractivity contribution is 1.28. The molecule has 252 valence electrons. The molecule has 0 N–H and O–H groups in total. The van der Waals surface area contributed by atoms with Crippen molar-refractivity contribution in [3.8, 4) is 11.1 Å². The van der Waals surface area contributed by atoms with Crippen LogP contribution in [0.1, 0.15) is 33.4 Å². The van der Waals surface area contributed by atoms with E-state index >= 15 is 0 Å². The smallest absolute Gasteiger partial charge is 0.244 e. The van der Waals surface area contributed by atoms with Crippen LogP contribution in [0.2, 0.25) is 0 Å². The Bertz CT molecular complexity index is 2370. The van der Waals surface area contributed by atoms with Gasteiger partial charge in [-0.05, 0) is 111 Å². The average Bonchev–Trinajstić information content (AvgIpc) is 3.14. The molecule has 1 nitrogen and oxygen atoms in total. The lowest BCUT2D eigenvalue weighted by Gasteiger charge is -2.28. The van der Waals surface area contributed by atoms with E-state index in [-0.39, 0.29) is 6.71 Å². The molecule has 8 rings (SSSR count). The second-order valence-electron chi connectivity index (χ2n) is 14.5. The molecular weight excluding hydrogens is 625 g/mol. The number of para-hydroxylation sites is 2. The fraction of sp³-hybridized carbons (Fsp3) is 0.120. The minimum absolute atomic E-state index is 0.0673. The lowest BCUT2D eigenvalue weighted by Crippen LogP contribution is -2.56. The first-order chi connectivity index (χ1) is 25.3. The van der Waals surface area contributed by atoms with Gasteiger partial charge in [-0.25, -0.2) is 0 Å². The molecule has 0 amide bonds. The molecule has 8 aromatic carbocycles. The van der Waals surface area contributed by atoms with E-state index in [1.165, 1.54) is 82.4 Å². The number of hydrogen-bond donors (Lipinski definition) is 0. The molecule has 0 saturated carbocycles. The summed E-state index contributed by atoms with van der Waals surface area (Å²) >= 11 is 0. The maximum atomic E-state index is 2.36. The third-order valence-electron chi connectivity index (χ3n) is 10.8. The molecule has 0 aliphatic rings. The van der Waals surface area contributed by atoms with Gasteiger partial charge in [0.25, 0.3) is 0 Å². The predicted molar refractivity (Wildman–Crippen MR) is 228 cm³/mol. The molecule has 0 fully saturated rings. The van der Waals surface area contributed by atoms with Gasteiger partial charge in [-0.1, -0.05) is 171 Å². The van der Waals surface area contributed by atoms with E-state index in [0.717, 1.165) is 17.1 Å². The van der Waals surface area contributed by atoms with Crippen LogP contribution < -0.4 is 21.3 Å². The van der Waals surface area contributed by atoms with E-state index in [0.29, 0.717) is 0 Å². The molecule has 0 radical (unpaired) electrons. The number of anilines is 3. The number of benzene rings is 8. The summed E-state index contributed by atoms with van der Waals surface area (Å²) in [6, 6.07) is 58.1. The maximum Gasteiger partial charge on any atom is 0.244 e. The van der Waals surface area contributed by atoms with Gasteiger partial charge in [-0.2, -0.15) is 0 Å². The Kier molecular flexibility index (Phi) is 8.77. The van der Waals surface area contributed by atoms with Crippen molar-refractivity contribution < 1.29 is 0 Å². The monoisotopic (exact) mass is 669 g/mol. The summed E-state index contributed by atoms with van der Waals surface area (Å²) in [5, 5.41) is 5.17. The SMILES string of the molecule is Cc1cc(C)c(B(c2c(C)cc(C)cc2C)c2c3ccccc3c(-c3ccc(N(c4ccccc4)c4ccccc4)cc3)c3ccccc23)c(C)c1. The van der Waals surface area contributed by atoms with Gasteiger partial charge in [0.15, 0.2) is 0 Å². The van der Waals surface area contributed by atoms with Crippen LogP contribution in [0.25, 0.3) is 32.7 Å². The van der Waals surface area contributed by atoms with Crippen LogP contribution in [-0.4, -0.2) is 6.71 Å². The summed E-state index contributed by atoms with van der Waals surface area (Å²) < 4.78 is 0. The molecule has 0 spiro atoms. The first-order valence-corrected chi connectivity index (χ1v) is 18.4. The van der Waals surface area contributed by atoms with Gasteiger partial charge in [0.1, 0.15) is 0 Å². The minimum atomic E-state index is 0.0673. The van der Waals surface area contributed by atoms with E-state index in [4.69, 9.17) is 0 Å². The molecule has 0 aromatic heterocycles. The van der Waals surface area contributed by atoms with Gasteiger partial charge >= 0.3 is 0 Å². The molecule has 0 aliphatic carbocycles. The second kappa shape index (κ2) is 13.7. The zero-order valence-electron chi connectivity index (χ0n) is 31.0. The minimum Gasteiger partial charge on any atom is -0.311 e. The van der Waals surface area contributed by atoms with Gasteiger partial charge in [-0.3, -0.25) is 0 Å². The predicted octanol–water partition coefficient (Wildman–Crippen LogP) is 11.5. The Hall–Kier alpha value is -5.86. The van der Waals surface area contributed by atoms with E-state index in [1.54, 1.807) is 0 Å². The molecule has 52 heavy (non-hydrogen) atoms. The highest BCUT2D eigenvalue weighted by molar-refractivity contribution is 6.99. The Morgan fingerprint density at radius 3 is 1.10 bits per heavy atom. The van der Waals surface area contributed by atoms with Crippen molar-refractivity contribution in [3.63, 3.8) is 0 Å². The Labute approximate surface area is 309 Å². The van der Waals surface area contributed by atoms with Crippen LogP contribution in [0.4, 0.5) is 17.1 Å². The van der Waals surface area contributed by atoms with Crippen molar-refractivity contribution in [1.82, 2.24) is 0 Å². The van der Waals surface area contributed by atoms with Crippen molar-refractivity contribution in [1.29, 1.82) is 0 Å². The number of nitrogens with zero attached hydrogens (tertiary/aromatic N) is 1. The molecular formula is C50H44BN. The Balaban J connectivity index is 1.39. The number of hydrogen-bond acceptors (Lipinski definition) is 1. The van der Waals surface area contributed by atoms with Crippen LogP contribution in [0, 0.1) is 41.5 Å². The zero-order valence-corrected chi connectivity index (χ0v) is 31.0. The molecule has 8 aromatic rings. The maximum absolute atomic E-state index is 2.36. The topological polar surface area (TPSA) is 3.24 Å². The van der Waals surface area contributed by atoms with Crippen LogP contribution in [0.3, 0.4) is 0 Å². The third kappa shape index (κ3) is 5.89. The van der Waals surface area contributed by atoms with E-state index in [1.807, 2.05) is 0 Å². The van der Waals surface area contributed by atoms with Crippen molar-refractivity contribution in [2.75, 3.05) is 4.90 Å². The molecule has 0 saturated heterocycles. The fourth-order valence-electron chi connectivity index (χ4n) is 8.89. The Morgan fingerprint density at radius 2 is 0.692 bits per heavy atom. The van der Waals surface area contributed by atoms with Crippen molar-refractivity contribution in [3.05, 3.63) is 191 Å². The first kappa shape index (κ1) is 33.3. The lowest BCUT2D eigenvalue weighted by atomic mass is 9.33. The fourth-order valence-corrected chi connectivity index (χ4v) is 8.89. The second-order valence-corrected chi connectivity index (χ2v) is 14.5. The zero-order chi connectivity index (χ0) is 35.9. The molecule has 0 atom stereocenters. The quantitative estimate of drug-likeness (QED) is 0.121. The van der Waals surface area contributed by atoms with Crippen molar-refractivity contribution in [2.45, 2.75) is 41.5 Å². The summed E-state index contributed by atoms with van der Waals surface area (Å²) in [5.41, 5.74) is 18.1. The normalized spacial score (nSPS) is 11.3. The average molecular weight is 670 g/mol. The molecule has 2 heteroatoms. The van der Waals surface area contributed by atoms with Crippen LogP contribution in [-0.2, 0) is 0 Å². The highest BCUT2D eigenvalue weighted by Crippen LogP contribution is 2.39. The third-order valence-corrected chi connectivity index (χ3v) is 10.8. The molecule has 0 heterocycles. The molecule has 0 aliphatic heterocycles. The summed E-state index contributed by atoms with van der Waals surface area (Å²) in [6.07, 6.45) is 0. The number of fused-ring (bicyclic) bond motifs is 2. The van der Waals surface area contributed by atoms with Crippen LogP contribution in [0.5, 0.6) is 0 Å². The largest absolute Gasteiger partial charge is 0.311 e. The number of rotatable bonds is 7.